The molecule has 110 valence electrons. The maximum Gasteiger partial charge on any atom is 0.266 e. The molecule has 2 aromatic rings. The van der Waals surface area contributed by atoms with Gasteiger partial charge in [0.1, 0.15) is 6.33 Å². The summed E-state index contributed by atoms with van der Waals surface area (Å²) in [5.41, 5.74) is 2.44. The van der Waals surface area contributed by atoms with Crippen LogP contribution in [0.3, 0.4) is 0 Å². The zero-order chi connectivity index (χ0) is 14.4. The van der Waals surface area contributed by atoms with Gasteiger partial charge in [-0.05, 0) is 48.9 Å². The number of hydrogen-bond donors (Lipinski definition) is 0. The third kappa shape index (κ3) is 1.95. The third-order valence-electron chi connectivity index (χ3n) is 4.21. The van der Waals surface area contributed by atoms with Gasteiger partial charge in [0.05, 0.1) is 4.90 Å². The highest BCUT2D eigenvalue weighted by Gasteiger charge is 2.31. The molecule has 1 aromatic heterocycles. The highest BCUT2D eigenvalue weighted by Crippen LogP contribution is 2.29. The molecule has 7 heteroatoms. The Hall–Kier alpha value is -1.89. The number of fused-ring (bicyclic) bond motifs is 2. The van der Waals surface area contributed by atoms with E-state index in [-0.39, 0.29) is 0 Å². The largest absolute Gasteiger partial charge is 0.266 e. The van der Waals surface area contributed by atoms with Crippen molar-refractivity contribution >= 4 is 16.0 Å². The molecule has 4 rings (SSSR count). The molecule has 2 aliphatic rings. The molecule has 1 aliphatic heterocycles. The minimum atomic E-state index is -3.56. The summed E-state index contributed by atoms with van der Waals surface area (Å²) in [4.78, 5) is 4.46. The first-order chi connectivity index (χ1) is 10.2. The Balaban J connectivity index is 1.78. The molecule has 0 atom stereocenters. The standard InChI is InChI=1S/C14H16N4O2S/c19-21(20,13-6-5-11-3-1-4-12(11)9-13)18-8-2-7-17-14(18)15-10-16-17/h5-6,9-10H,1-4,7-8H2. The molecule has 0 radical (unpaired) electrons. The molecule has 0 saturated heterocycles. The Morgan fingerprint density at radius 1 is 1.05 bits per heavy atom. The minimum Gasteiger partial charge on any atom is -0.234 e. The van der Waals surface area contributed by atoms with Crippen LogP contribution in [0.2, 0.25) is 0 Å². The van der Waals surface area contributed by atoms with Crippen LogP contribution in [0.25, 0.3) is 0 Å². The Morgan fingerprint density at radius 3 is 2.81 bits per heavy atom. The van der Waals surface area contributed by atoms with Crippen molar-refractivity contribution in [3.63, 3.8) is 0 Å². The normalized spacial score (nSPS) is 17.6. The average Bonchev–Trinajstić information content (AvgIpc) is 3.14. The van der Waals surface area contributed by atoms with Crippen LogP contribution in [-0.2, 0) is 29.4 Å². The SMILES string of the molecule is O=S(=O)(c1ccc2c(c1)CCC2)N1CCCn2ncnc21. The van der Waals surface area contributed by atoms with Gasteiger partial charge in [-0.25, -0.2) is 17.4 Å². The summed E-state index contributed by atoms with van der Waals surface area (Å²) in [6, 6.07) is 5.49. The second-order valence-electron chi connectivity index (χ2n) is 5.50. The maximum absolute atomic E-state index is 12.9. The van der Waals surface area contributed by atoms with Gasteiger partial charge in [0.2, 0.25) is 5.95 Å². The van der Waals surface area contributed by atoms with Gasteiger partial charge < -0.3 is 0 Å². The van der Waals surface area contributed by atoms with Crippen molar-refractivity contribution in [1.82, 2.24) is 14.8 Å². The lowest BCUT2D eigenvalue weighted by molar-refractivity contribution is 0.529. The average molecular weight is 304 g/mol. The molecule has 0 spiro atoms. The van der Waals surface area contributed by atoms with Crippen molar-refractivity contribution in [3.05, 3.63) is 35.7 Å². The molecular weight excluding hydrogens is 288 g/mol. The molecule has 1 aromatic carbocycles. The highest BCUT2D eigenvalue weighted by atomic mass is 32.2. The predicted molar refractivity (Wildman–Crippen MR) is 77.6 cm³/mol. The van der Waals surface area contributed by atoms with Crippen LogP contribution in [0.4, 0.5) is 5.95 Å². The Bertz CT molecular complexity index is 797. The smallest absolute Gasteiger partial charge is 0.234 e. The van der Waals surface area contributed by atoms with Crippen molar-refractivity contribution in [3.8, 4) is 0 Å². The maximum atomic E-state index is 12.9. The summed E-state index contributed by atoms with van der Waals surface area (Å²) in [6.45, 7) is 1.17. The van der Waals surface area contributed by atoms with Gasteiger partial charge in [0, 0.05) is 13.1 Å². The van der Waals surface area contributed by atoms with Gasteiger partial charge in [0.25, 0.3) is 10.0 Å². The van der Waals surface area contributed by atoms with E-state index in [1.165, 1.54) is 16.2 Å². The molecule has 1 aliphatic carbocycles. The van der Waals surface area contributed by atoms with Crippen LogP contribution in [0, 0.1) is 0 Å². The van der Waals surface area contributed by atoms with E-state index in [0.717, 1.165) is 31.2 Å². The summed E-state index contributed by atoms with van der Waals surface area (Å²) in [7, 11) is -3.56. The molecule has 0 unspecified atom stereocenters. The van der Waals surface area contributed by atoms with Crippen LogP contribution < -0.4 is 4.31 Å². The van der Waals surface area contributed by atoms with Gasteiger partial charge in [-0.2, -0.15) is 10.1 Å². The number of hydrogen-bond acceptors (Lipinski definition) is 4. The van der Waals surface area contributed by atoms with Crippen LogP contribution in [-0.4, -0.2) is 29.7 Å². The summed E-state index contributed by atoms with van der Waals surface area (Å²) in [5.74, 6) is 0.418. The number of sulfonamides is 1. The van der Waals surface area contributed by atoms with E-state index in [4.69, 9.17) is 0 Å². The summed E-state index contributed by atoms with van der Waals surface area (Å²) in [6.07, 6.45) is 5.28. The first-order valence-corrected chi connectivity index (χ1v) is 8.62. The fourth-order valence-corrected chi connectivity index (χ4v) is 4.65. The fourth-order valence-electron chi connectivity index (χ4n) is 3.14. The van der Waals surface area contributed by atoms with Gasteiger partial charge in [-0.3, -0.25) is 0 Å². The lowest BCUT2D eigenvalue weighted by Crippen LogP contribution is -2.38. The molecule has 0 saturated carbocycles. The summed E-state index contributed by atoms with van der Waals surface area (Å²) < 4.78 is 28.8. The van der Waals surface area contributed by atoms with Gasteiger partial charge in [-0.1, -0.05) is 6.07 Å². The zero-order valence-electron chi connectivity index (χ0n) is 11.6. The third-order valence-corrected chi connectivity index (χ3v) is 5.98. The minimum absolute atomic E-state index is 0.361. The first-order valence-electron chi connectivity index (χ1n) is 7.18. The second kappa shape index (κ2) is 4.56. The molecule has 21 heavy (non-hydrogen) atoms. The molecular formula is C14H16N4O2S. The van der Waals surface area contributed by atoms with E-state index in [2.05, 4.69) is 10.1 Å². The molecule has 2 heterocycles. The molecule has 6 nitrogen and oxygen atoms in total. The summed E-state index contributed by atoms with van der Waals surface area (Å²) in [5, 5.41) is 4.07. The van der Waals surface area contributed by atoms with E-state index in [9.17, 15) is 8.42 Å². The Labute approximate surface area is 123 Å². The van der Waals surface area contributed by atoms with Crippen molar-refractivity contribution in [2.75, 3.05) is 10.8 Å². The van der Waals surface area contributed by atoms with Crippen molar-refractivity contribution < 1.29 is 8.42 Å². The fraction of sp³-hybridized carbons (Fsp3) is 0.429. The number of benzene rings is 1. The number of nitrogens with zero attached hydrogens (tertiary/aromatic N) is 4. The van der Waals surface area contributed by atoms with E-state index < -0.39 is 10.0 Å². The van der Waals surface area contributed by atoms with Crippen molar-refractivity contribution in [2.45, 2.75) is 37.1 Å². The van der Waals surface area contributed by atoms with Crippen LogP contribution in [0.5, 0.6) is 0 Å². The highest BCUT2D eigenvalue weighted by molar-refractivity contribution is 7.92. The number of anilines is 1. The molecule has 0 bridgehead atoms. The molecule has 0 amide bonds. The van der Waals surface area contributed by atoms with E-state index >= 15 is 0 Å². The van der Waals surface area contributed by atoms with E-state index in [1.54, 1.807) is 10.7 Å². The second-order valence-corrected chi connectivity index (χ2v) is 7.36. The monoisotopic (exact) mass is 304 g/mol. The van der Waals surface area contributed by atoms with Crippen molar-refractivity contribution in [1.29, 1.82) is 0 Å². The number of aryl methyl sites for hydroxylation is 3. The van der Waals surface area contributed by atoms with Gasteiger partial charge in [-0.15, -0.1) is 0 Å². The lowest BCUT2D eigenvalue weighted by Gasteiger charge is -2.27. The van der Waals surface area contributed by atoms with Crippen molar-refractivity contribution in [2.24, 2.45) is 0 Å². The van der Waals surface area contributed by atoms with Crippen LogP contribution >= 0.6 is 0 Å². The van der Waals surface area contributed by atoms with Crippen LogP contribution in [0.1, 0.15) is 24.0 Å². The van der Waals surface area contributed by atoms with E-state index in [1.807, 2.05) is 12.1 Å². The van der Waals surface area contributed by atoms with Crippen LogP contribution in [0.15, 0.2) is 29.4 Å². The zero-order valence-corrected chi connectivity index (χ0v) is 12.4. The lowest BCUT2D eigenvalue weighted by atomic mass is 10.1. The topological polar surface area (TPSA) is 68.1 Å². The number of rotatable bonds is 2. The summed E-state index contributed by atoms with van der Waals surface area (Å²) >= 11 is 0. The first kappa shape index (κ1) is 12.8. The number of aromatic nitrogens is 3. The Morgan fingerprint density at radius 2 is 1.90 bits per heavy atom. The van der Waals surface area contributed by atoms with Gasteiger partial charge >= 0.3 is 0 Å². The van der Waals surface area contributed by atoms with E-state index in [0.29, 0.717) is 23.9 Å². The predicted octanol–water partition coefficient (Wildman–Crippen LogP) is 1.37. The molecule has 0 N–H and O–H groups in total. The Kier molecular flexibility index (Phi) is 2.78. The quantitative estimate of drug-likeness (QED) is 0.840. The molecule has 0 fully saturated rings. The van der Waals surface area contributed by atoms with Gasteiger partial charge in [0.15, 0.2) is 0 Å².